The molecule has 2 N–H and O–H groups in total. The van der Waals surface area contributed by atoms with Crippen LogP contribution in [0.4, 0.5) is 8.78 Å². The molecule has 0 spiro atoms. The van der Waals surface area contributed by atoms with Crippen molar-refractivity contribution in [1.82, 2.24) is 0 Å². The first-order valence-corrected chi connectivity index (χ1v) is 4.80. The lowest BCUT2D eigenvalue weighted by molar-refractivity contribution is 0.0125. The van der Waals surface area contributed by atoms with Crippen molar-refractivity contribution in [2.45, 2.75) is 25.7 Å². The van der Waals surface area contributed by atoms with E-state index >= 15 is 0 Å². The lowest BCUT2D eigenvalue weighted by Gasteiger charge is -2.07. The molecule has 0 aromatic heterocycles. The Kier molecular flexibility index (Phi) is 3.37. The maximum atomic E-state index is 12.1. The Hall–Kier alpha value is -0.230. The Labute approximate surface area is 64.6 Å². The summed E-state index contributed by atoms with van der Waals surface area (Å²) < 4.78 is 44.6. The molecule has 0 amide bonds. The van der Waals surface area contributed by atoms with E-state index in [2.05, 4.69) is 5.14 Å². The van der Waals surface area contributed by atoms with Crippen molar-refractivity contribution in [3.63, 3.8) is 0 Å². The van der Waals surface area contributed by atoms with Gasteiger partial charge in [0.15, 0.2) is 0 Å². The van der Waals surface area contributed by atoms with Crippen LogP contribution in [-0.4, -0.2) is 20.1 Å². The molecule has 0 saturated carbocycles. The van der Waals surface area contributed by atoms with Crippen LogP contribution in [0.3, 0.4) is 0 Å². The summed E-state index contributed by atoms with van der Waals surface area (Å²) in [6.45, 7) is 0.746. The summed E-state index contributed by atoms with van der Waals surface area (Å²) in [5, 5.41) is 4.59. The molecule has 0 atom stereocenters. The summed E-state index contributed by atoms with van der Waals surface area (Å²) in [6, 6.07) is 0. The molecule has 3 nitrogen and oxygen atoms in total. The maximum Gasteiger partial charge on any atom is 0.245 e. The second-order valence-electron chi connectivity index (χ2n) is 2.54. The molecule has 0 aromatic rings. The lowest BCUT2D eigenvalue weighted by atomic mass is 10.2. The smallest absolute Gasteiger partial charge is 0.229 e. The van der Waals surface area contributed by atoms with Gasteiger partial charge in [-0.2, -0.15) is 0 Å². The number of sulfonamides is 1. The number of hydrogen-bond donors (Lipinski definition) is 1. The first kappa shape index (κ1) is 10.8. The molecular weight excluding hydrogens is 176 g/mol. The molecule has 0 aliphatic rings. The van der Waals surface area contributed by atoms with Crippen LogP contribution in [0.15, 0.2) is 0 Å². The van der Waals surface area contributed by atoms with Gasteiger partial charge in [0.05, 0.1) is 5.75 Å². The average molecular weight is 187 g/mol. The molecule has 6 heteroatoms. The Morgan fingerprint density at radius 3 is 2.18 bits per heavy atom. The van der Waals surface area contributed by atoms with Gasteiger partial charge < -0.3 is 0 Å². The standard InChI is InChI=1S/C5H11F2NO2S/c1-5(6,7)3-2-4-11(8,9)10/h2-4H2,1H3,(H2,8,9,10). The summed E-state index contributed by atoms with van der Waals surface area (Å²) >= 11 is 0. The van der Waals surface area contributed by atoms with Crippen LogP contribution >= 0.6 is 0 Å². The number of halogens is 2. The van der Waals surface area contributed by atoms with Crippen LogP contribution in [-0.2, 0) is 10.0 Å². The Morgan fingerprint density at radius 2 is 1.91 bits per heavy atom. The van der Waals surface area contributed by atoms with Crippen molar-refractivity contribution in [3.8, 4) is 0 Å². The van der Waals surface area contributed by atoms with E-state index in [1.54, 1.807) is 0 Å². The molecule has 0 aromatic carbocycles. The summed E-state index contributed by atoms with van der Waals surface area (Å²) in [6.07, 6.45) is -0.536. The van der Waals surface area contributed by atoms with Crippen molar-refractivity contribution in [3.05, 3.63) is 0 Å². The predicted octanol–water partition coefficient (Wildman–Crippen LogP) is 0.710. The third-order valence-electron chi connectivity index (χ3n) is 1.04. The van der Waals surface area contributed by atoms with E-state index in [4.69, 9.17) is 0 Å². The van der Waals surface area contributed by atoms with Gasteiger partial charge in [-0.15, -0.1) is 0 Å². The van der Waals surface area contributed by atoms with Crippen LogP contribution in [0.2, 0.25) is 0 Å². The molecule has 0 saturated heterocycles. The van der Waals surface area contributed by atoms with Crippen LogP contribution < -0.4 is 5.14 Å². The van der Waals surface area contributed by atoms with Crippen molar-refractivity contribution in [2.24, 2.45) is 5.14 Å². The van der Waals surface area contributed by atoms with Crippen LogP contribution in [0.25, 0.3) is 0 Å². The van der Waals surface area contributed by atoms with Gasteiger partial charge >= 0.3 is 0 Å². The van der Waals surface area contributed by atoms with Gasteiger partial charge in [0, 0.05) is 6.42 Å². The minimum atomic E-state index is -3.58. The maximum absolute atomic E-state index is 12.1. The molecule has 0 fully saturated rings. The molecule has 0 aliphatic carbocycles. The first-order chi connectivity index (χ1) is 4.71. The van der Waals surface area contributed by atoms with Crippen molar-refractivity contribution < 1.29 is 17.2 Å². The summed E-state index contributed by atoms with van der Waals surface area (Å²) in [7, 11) is -3.58. The van der Waals surface area contributed by atoms with Crippen LogP contribution in [0.1, 0.15) is 19.8 Å². The second-order valence-corrected chi connectivity index (χ2v) is 4.27. The number of nitrogens with two attached hydrogens (primary N) is 1. The van der Waals surface area contributed by atoms with E-state index in [1.807, 2.05) is 0 Å². The van der Waals surface area contributed by atoms with Gasteiger partial charge in [0.25, 0.3) is 0 Å². The number of hydrogen-bond acceptors (Lipinski definition) is 2. The monoisotopic (exact) mass is 187 g/mol. The number of alkyl halides is 2. The zero-order valence-corrected chi connectivity index (χ0v) is 7.00. The quantitative estimate of drug-likeness (QED) is 0.704. The van der Waals surface area contributed by atoms with Crippen LogP contribution in [0, 0.1) is 0 Å². The largest absolute Gasteiger partial charge is 0.245 e. The summed E-state index contributed by atoms with van der Waals surface area (Å²) in [4.78, 5) is 0. The fraction of sp³-hybridized carbons (Fsp3) is 1.00. The molecule has 0 aliphatic heterocycles. The Balaban J connectivity index is 3.61. The predicted molar refractivity (Wildman–Crippen MR) is 37.8 cm³/mol. The van der Waals surface area contributed by atoms with Gasteiger partial charge in [-0.3, -0.25) is 0 Å². The molecule has 68 valence electrons. The molecule has 11 heavy (non-hydrogen) atoms. The van der Waals surface area contributed by atoms with Gasteiger partial charge in [-0.25, -0.2) is 22.3 Å². The molecule has 0 rings (SSSR count). The second kappa shape index (κ2) is 3.44. The summed E-state index contributed by atoms with van der Waals surface area (Å²) in [5.41, 5.74) is 0. The highest BCUT2D eigenvalue weighted by atomic mass is 32.2. The first-order valence-electron chi connectivity index (χ1n) is 3.09. The topological polar surface area (TPSA) is 60.2 Å². The van der Waals surface area contributed by atoms with Gasteiger partial charge in [-0.1, -0.05) is 0 Å². The molecule has 0 unspecified atom stereocenters. The molecule has 0 radical (unpaired) electrons. The summed E-state index contributed by atoms with van der Waals surface area (Å²) in [5.74, 6) is -3.18. The van der Waals surface area contributed by atoms with E-state index in [0.29, 0.717) is 0 Å². The fourth-order valence-corrected chi connectivity index (χ4v) is 1.13. The van der Waals surface area contributed by atoms with Gasteiger partial charge in [0.2, 0.25) is 15.9 Å². The normalized spacial score (nSPS) is 13.5. The molecule has 0 bridgehead atoms. The average Bonchev–Trinajstić information content (AvgIpc) is 1.55. The molecular formula is C5H11F2NO2S. The van der Waals surface area contributed by atoms with E-state index in [0.717, 1.165) is 6.92 Å². The number of rotatable bonds is 4. The highest BCUT2D eigenvalue weighted by molar-refractivity contribution is 7.89. The fourth-order valence-electron chi connectivity index (χ4n) is 0.584. The number of primary sulfonamides is 1. The third kappa shape index (κ3) is 9.77. The van der Waals surface area contributed by atoms with Gasteiger partial charge in [-0.05, 0) is 13.3 Å². The third-order valence-corrected chi connectivity index (χ3v) is 1.90. The van der Waals surface area contributed by atoms with E-state index in [9.17, 15) is 17.2 Å². The minimum Gasteiger partial charge on any atom is -0.229 e. The highest BCUT2D eigenvalue weighted by Gasteiger charge is 2.20. The van der Waals surface area contributed by atoms with Gasteiger partial charge in [0.1, 0.15) is 0 Å². The van der Waals surface area contributed by atoms with E-state index < -0.39 is 22.4 Å². The highest BCUT2D eigenvalue weighted by Crippen LogP contribution is 2.18. The Morgan fingerprint density at radius 1 is 1.45 bits per heavy atom. The van der Waals surface area contributed by atoms with Crippen molar-refractivity contribution >= 4 is 10.0 Å². The Bertz CT molecular complexity index is 207. The molecule has 0 heterocycles. The van der Waals surface area contributed by atoms with Crippen molar-refractivity contribution in [1.29, 1.82) is 0 Å². The minimum absolute atomic E-state index is 0.0949. The van der Waals surface area contributed by atoms with E-state index in [-0.39, 0.29) is 12.2 Å². The van der Waals surface area contributed by atoms with Crippen molar-refractivity contribution in [2.75, 3.05) is 5.75 Å². The zero-order valence-electron chi connectivity index (χ0n) is 6.18. The van der Waals surface area contributed by atoms with E-state index in [1.165, 1.54) is 0 Å². The zero-order chi connectivity index (χ0) is 9.12. The SMILES string of the molecule is CC(F)(F)CCCS(N)(=O)=O. The van der Waals surface area contributed by atoms with Crippen LogP contribution in [0.5, 0.6) is 0 Å². The lowest BCUT2D eigenvalue weighted by Crippen LogP contribution is -2.19.